The number of imide groups is 1. The first kappa shape index (κ1) is 12.5. The van der Waals surface area contributed by atoms with Crippen molar-refractivity contribution in [2.45, 2.75) is 0 Å². The number of nitrogens with one attached hydrogen (secondary N) is 2. The third-order valence-electron chi connectivity index (χ3n) is 2.90. The number of halogens is 1. The van der Waals surface area contributed by atoms with Crippen LogP contribution in [0.15, 0.2) is 48.3 Å². The summed E-state index contributed by atoms with van der Waals surface area (Å²) in [6.45, 7) is 0. The standard InChI is InChI=1S/C14H10ClN3O2/c15-9-3-5-10(6-4-9)18-7-1-2-11(18)8-12-13(19)17-14(20)16-12/h1-8H,(H2,16,17,19,20)/b12-8-. The van der Waals surface area contributed by atoms with E-state index in [1.807, 2.05) is 35.0 Å². The van der Waals surface area contributed by atoms with Crippen molar-refractivity contribution in [1.82, 2.24) is 15.2 Å². The molecule has 3 rings (SSSR count). The number of hydrogen-bond donors (Lipinski definition) is 2. The van der Waals surface area contributed by atoms with Crippen molar-refractivity contribution in [3.8, 4) is 5.69 Å². The van der Waals surface area contributed by atoms with E-state index in [4.69, 9.17) is 11.6 Å². The molecule has 2 heterocycles. The minimum atomic E-state index is -0.508. The molecule has 0 unspecified atom stereocenters. The van der Waals surface area contributed by atoms with Crippen molar-refractivity contribution >= 4 is 29.6 Å². The number of urea groups is 1. The van der Waals surface area contributed by atoms with Crippen LogP contribution in [-0.2, 0) is 4.79 Å². The molecule has 1 aliphatic heterocycles. The van der Waals surface area contributed by atoms with E-state index < -0.39 is 11.9 Å². The third-order valence-corrected chi connectivity index (χ3v) is 3.15. The highest BCUT2D eigenvalue weighted by molar-refractivity contribution is 6.30. The first-order chi connectivity index (χ1) is 9.63. The van der Waals surface area contributed by atoms with Gasteiger partial charge in [-0.3, -0.25) is 10.1 Å². The van der Waals surface area contributed by atoms with Gasteiger partial charge >= 0.3 is 6.03 Å². The highest BCUT2D eigenvalue weighted by atomic mass is 35.5. The fraction of sp³-hybridized carbons (Fsp3) is 0. The summed E-state index contributed by atoms with van der Waals surface area (Å²) in [6, 6.07) is 10.5. The van der Waals surface area contributed by atoms with E-state index in [0.717, 1.165) is 11.4 Å². The van der Waals surface area contributed by atoms with E-state index in [-0.39, 0.29) is 5.70 Å². The molecule has 1 fully saturated rings. The number of carbonyl (C=O) groups excluding carboxylic acids is 2. The minimum Gasteiger partial charge on any atom is -0.317 e. The molecule has 2 aromatic rings. The van der Waals surface area contributed by atoms with Gasteiger partial charge in [-0.25, -0.2) is 4.79 Å². The van der Waals surface area contributed by atoms with Crippen LogP contribution in [0.4, 0.5) is 4.79 Å². The summed E-state index contributed by atoms with van der Waals surface area (Å²) in [4.78, 5) is 22.6. The smallest absolute Gasteiger partial charge is 0.317 e. The second-order valence-electron chi connectivity index (χ2n) is 4.25. The van der Waals surface area contributed by atoms with Gasteiger partial charge in [-0.15, -0.1) is 0 Å². The monoisotopic (exact) mass is 287 g/mol. The van der Waals surface area contributed by atoms with Crippen LogP contribution >= 0.6 is 11.6 Å². The van der Waals surface area contributed by atoms with Crippen LogP contribution < -0.4 is 10.6 Å². The molecule has 0 radical (unpaired) electrons. The number of carbonyl (C=O) groups is 2. The van der Waals surface area contributed by atoms with E-state index in [9.17, 15) is 9.59 Å². The number of aromatic nitrogens is 1. The summed E-state index contributed by atoms with van der Waals surface area (Å²) in [6.07, 6.45) is 3.49. The van der Waals surface area contributed by atoms with Gasteiger partial charge in [0.05, 0.1) is 0 Å². The summed E-state index contributed by atoms with van der Waals surface area (Å²) in [5, 5.41) is 5.27. The molecule has 6 heteroatoms. The van der Waals surface area contributed by atoms with Gasteiger partial charge in [0.25, 0.3) is 5.91 Å². The Kier molecular flexibility index (Phi) is 3.04. The van der Waals surface area contributed by atoms with Crippen molar-refractivity contribution in [3.63, 3.8) is 0 Å². The lowest BCUT2D eigenvalue weighted by Crippen LogP contribution is -2.22. The quantitative estimate of drug-likeness (QED) is 0.658. The topological polar surface area (TPSA) is 63.1 Å². The van der Waals surface area contributed by atoms with Crippen molar-refractivity contribution in [2.24, 2.45) is 0 Å². The highest BCUT2D eigenvalue weighted by Gasteiger charge is 2.23. The SMILES string of the molecule is O=C1NC(=O)/C(=C/c2cccn2-c2ccc(Cl)cc2)N1. The number of nitrogens with zero attached hydrogens (tertiary/aromatic N) is 1. The van der Waals surface area contributed by atoms with Gasteiger partial charge in [-0.1, -0.05) is 11.6 Å². The number of amides is 3. The molecule has 0 spiro atoms. The number of rotatable bonds is 2. The molecule has 20 heavy (non-hydrogen) atoms. The molecular formula is C14H10ClN3O2. The van der Waals surface area contributed by atoms with E-state index in [0.29, 0.717) is 5.02 Å². The Morgan fingerprint density at radius 2 is 1.80 bits per heavy atom. The Hall–Kier alpha value is -2.53. The maximum Gasteiger partial charge on any atom is 0.326 e. The minimum absolute atomic E-state index is 0.226. The van der Waals surface area contributed by atoms with Gasteiger partial charge < -0.3 is 9.88 Å². The van der Waals surface area contributed by atoms with E-state index >= 15 is 0 Å². The van der Waals surface area contributed by atoms with Crippen LogP contribution in [0.1, 0.15) is 5.69 Å². The summed E-state index contributed by atoms with van der Waals surface area (Å²) >= 11 is 5.86. The van der Waals surface area contributed by atoms with Crippen LogP contribution in [0.3, 0.4) is 0 Å². The first-order valence-electron chi connectivity index (χ1n) is 5.91. The summed E-state index contributed by atoms with van der Waals surface area (Å²) in [5.41, 5.74) is 1.92. The Balaban J connectivity index is 1.99. The third kappa shape index (κ3) is 2.31. The summed E-state index contributed by atoms with van der Waals surface area (Å²) < 4.78 is 1.89. The predicted octanol–water partition coefficient (Wildman–Crippen LogP) is 2.31. The molecule has 3 amide bonds. The zero-order chi connectivity index (χ0) is 14.1. The highest BCUT2D eigenvalue weighted by Crippen LogP contribution is 2.18. The van der Waals surface area contributed by atoms with Gasteiger partial charge in [0.1, 0.15) is 5.70 Å². The number of hydrogen-bond acceptors (Lipinski definition) is 2. The average molecular weight is 288 g/mol. The van der Waals surface area contributed by atoms with Crippen LogP contribution in [0, 0.1) is 0 Å². The van der Waals surface area contributed by atoms with E-state index in [1.54, 1.807) is 18.2 Å². The fourth-order valence-corrected chi connectivity index (χ4v) is 2.10. The molecular weight excluding hydrogens is 278 g/mol. The van der Waals surface area contributed by atoms with Gasteiger partial charge in [-0.2, -0.15) is 0 Å². The lowest BCUT2D eigenvalue weighted by molar-refractivity contribution is -0.115. The summed E-state index contributed by atoms with van der Waals surface area (Å²) in [7, 11) is 0. The molecule has 5 nitrogen and oxygen atoms in total. The molecule has 0 saturated carbocycles. The zero-order valence-corrected chi connectivity index (χ0v) is 11.0. The van der Waals surface area contributed by atoms with Crippen LogP contribution in [0.5, 0.6) is 0 Å². The van der Waals surface area contributed by atoms with Crippen LogP contribution in [0.2, 0.25) is 5.02 Å². The largest absolute Gasteiger partial charge is 0.326 e. The van der Waals surface area contributed by atoms with Gasteiger partial charge in [0, 0.05) is 22.6 Å². The predicted molar refractivity (Wildman–Crippen MR) is 75.4 cm³/mol. The van der Waals surface area contributed by atoms with Crippen molar-refractivity contribution < 1.29 is 9.59 Å². The maximum absolute atomic E-state index is 11.5. The molecule has 100 valence electrons. The van der Waals surface area contributed by atoms with E-state index in [2.05, 4.69) is 10.6 Å². The van der Waals surface area contributed by atoms with Gasteiger partial charge in [0.2, 0.25) is 0 Å². The zero-order valence-electron chi connectivity index (χ0n) is 10.3. The number of benzene rings is 1. The lowest BCUT2D eigenvalue weighted by atomic mass is 10.3. The summed E-state index contributed by atoms with van der Waals surface area (Å²) in [5.74, 6) is -0.432. The Bertz CT molecular complexity index is 716. The second-order valence-corrected chi connectivity index (χ2v) is 4.68. The molecule has 1 aromatic heterocycles. The first-order valence-corrected chi connectivity index (χ1v) is 6.28. The Morgan fingerprint density at radius 3 is 2.45 bits per heavy atom. The Labute approximate surface area is 119 Å². The van der Waals surface area contributed by atoms with Crippen molar-refractivity contribution in [3.05, 3.63) is 59.0 Å². The molecule has 1 saturated heterocycles. The van der Waals surface area contributed by atoms with Crippen molar-refractivity contribution in [1.29, 1.82) is 0 Å². The average Bonchev–Trinajstić information content (AvgIpc) is 2.98. The molecule has 0 aliphatic carbocycles. The normalized spacial score (nSPS) is 16.4. The fourth-order valence-electron chi connectivity index (χ4n) is 1.98. The second kappa shape index (κ2) is 4.86. The molecule has 2 N–H and O–H groups in total. The molecule has 0 bridgehead atoms. The van der Waals surface area contributed by atoms with Crippen LogP contribution in [0.25, 0.3) is 11.8 Å². The van der Waals surface area contributed by atoms with Crippen LogP contribution in [-0.4, -0.2) is 16.5 Å². The molecule has 1 aliphatic rings. The van der Waals surface area contributed by atoms with Crippen molar-refractivity contribution in [2.75, 3.05) is 0 Å². The molecule has 0 atom stereocenters. The Morgan fingerprint density at radius 1 is 1.05 bits per heavy atom. The van der Waals surface area contributed by atoms with E-state index in [1.165, 1.54) is 0 Å². The molecule has 1 aromatic carbocycles. The maximum atomic E-state index is 11.5. The van der Waals surface area contributed by atoms with Gasteiger partial charge in [-0.05, 0) is 42.5 Å². The lowest BCUT2D eigenvalue weighted by Gasteiger charge is -2.07. The van der Waals surface area contributed by atoms with Gasteiger partial charge in [0.15, 0.2) is 0 Å².